The molecule has 1 aliphatic rings. The minimum Gasteiger partial charge on any atom is -0.314 e. The van der Waals surface area contributed by atoms with Gasteiger partial charge in [-0.1, -0.05) is 31.0 Å². The first-order valence-electron chi connectivity index (χ1n) is 7.25. The molecule has 1 saturated heterocycles. The van der Waals surface area contributed by atoms with Crippen LogP contribution in [0, 0.1) is 0 Å². The molecule has 1 heterocycles. The molecule has 0 aromatic heterocycles. The van der Waals surface area contributed by atoms with Crippen LogP contribution in [0.5, 0.6) is 0 Å². The molecule has 8 heteroatoms. The van der Waals surface area contributed by atoms with Crippen molar-refractivity contribution in [1.29, 1.82) is 0 Å². The third-order valence-corrected chi connectivity index (χ3v) is 4.16. The molecule has 0 saturated carbocycles. The van der Waals surface area contributed by atoms with Gasteiger partial charge in [0.2, 0.25) is 0 Å². The molecule has 0 unspecified atom stereocenters. The van der Waals surface area contributed by atoms with Gasteiger partial charge in [-0.05, 0) is 24.1 Å². The van der Waals surface area contributed by atoms with Crippen LogP contribution in [-0.2, 0) is 6.18 Å². The van der Waals surface area contributed by atoms with Gasteiger partial charge >= 0.3 is 6.18 Å². The van der Waals surface area contributed by atoms with Gasteiger partial charge in [-0.2, -0.15) is 13.2 Å². The standard InChI is InChI=1S/C15H20ClF3N2.2ClH/c1-2-3-14(21-8-6-20-7-9-21)11-4-5-13(16)12(10-11)15(17,18)19;;/h4-5,10,14,20H,2-3,6-9H2,1H3;2*1H/t14-;;/m1../s1. The van der Waals surface area contributed by atoms with E-state index in [-0.39, 0.29) is 35.9 Å². The molecule has 1 aliphatic heterocycles. The van der Waals surface area contributed by atoms with Crippen LogP contribution in [0.25, 0.3) is 0 Å². The first-order chi connectivity index (χ1) is 9.93. The molecule has 1 aromatic carbocycles. The lowest BCUT2D eigenvalue weighted by atomic mass is 9.97. The molecule has 0 amide bonds. The third-order valence-electron chi connectivity index (χ3n) is 3.84. The highest BCUT2D eigenvalue weighted by Crippen LogP contribution is 2.37. The highest BCUT2D eigenvalue weighted by Gasteiger charge is 2.34. The second-order valence-electron chi connectivity index (χ2n) is 5.33. The number of alkyl halides is 3. The van der Waals surface area contributed by atoms with Gasteiger partial charge in [0.15, 0.2) is 0 Å². The molecule has 2 nitrogen and oxygen atoms in total. The molecule has 1 aromatic rings. The van der Waals surface area contributed by atoms with Crippen molar-refractivity contribution in [3.8, 4) is 0 Å². The number of rotatable bonds is 4. The Hall–Kier alpha value is -0.200. The van der Waals surface area contributed by atoms with Crippen LogP contribution in [0.4, 0.5) is 13.2 Å². The van der Waals surface area contributed by atoms with Crippen LogP contribution < -0.4 is 5.32 Å². The van der Waals surface area contributed by atoms with E-state index in [1.807, 2.05) is 0 Å². The minimum atomic E-state index is -4.41. The van der Waals surface area contributed by atoms with E-state index in [2.05, 4.69) is 17.1 Å². The van der Waals surface area contributed by atoms with Gasteiger partial charge in [0.05, 0.1) is 10.6 Å². The quantitative estimate of drug-likeness (QED) is 0.778. The van der Waals surface area contributed by atoms with Crippen molar-refractivity contribution in [3.05, 3.63) is 34.3 Å². The Labute approximate surface area is 152 Å². The van der Waals surface area contributed by atoms with Crippen LogP contribution in [0.3, 0.4) is 0 Å². The molecule has 1 N–H and O–H groups in total. The van der Waals surface area contributed by atoms with E-state index >= 15 is 0 Å². The first kappa shape index (κ1) is 22.8. The molecular formula is C15H22Cl3F3N2. The molecular weight excluding hydrogens is 372 g/mol. The highest BCUT2D eigenvalue weighted by molar-refractivity contribution is 6.31. The number of piperazine rings is 1. The highest BCUT2D eigenvalue weighted by atomic mass is 35.5. The molecule has 0 bridgehead atoms. The Morgan fingerprint density at radius 1 is 1.22 bits per heavy atom. The zero-order chi connectivity index (χ0) is 15.5. The van der Waals surface area contributed by atoms with Crippen molar-refractivity contribution >= 4 is 36.4 Å². The number of nitrogens with zero attached hydrogens (tertiary/aromatic N) is 1. The Morgan fingerprint density at radius 3 is 2.35 bits per heavy atom. The Bertz CT molecular complexity index is 478. The number of hydrogen-bond acceptors (Lipinski definition) is 2. The van der Waals surface area contributed by atoms with Crippen LogP contribution >= 0.6 is 36.4 Å². The summed E-state index contributed by atoms with van der Waals surface area (Å²) in [6.07, 6.45) is -2.63. The Kier molecular flexibility index (Phi) is 9.86. The van der Waals surface area contributed by atoms with Crippen molar-refractivity contribution in [3.63, 3.8) is 0 Å². The molecule has 134 valence electrons. The second-order valence-corrected chi connectivity index (χ2v) is 5.73. The first-order valence-corrected chi connectivity index (χ1v) is 7.62. The van der Waals surface area contributed by atoms with E-state index in [1.54, 1.807) is 6.07 Å². The van der Waals surface area contributed by atoms with Crippen LogP contribution in [-0.4, -0.2) is 31.1 Å². The van der Waals surface area contributed by atoms with E-state index in [4.69, 9.17) is 11.6 Å². The summed E-state index contributed by atoms with van der Waals surface area (Å²) in [5, 5.41) is 3.03. The Morgan fingerprint density at radius 2 is 1.83 bits per heavy atom. The van der Waals surface area contributed by atoms with Crippen molar-refractivity contribution in [2.45, 2.75) is 32.0 Å². The monoisotopic (exact) mass is 392 g/mol. The van der Waals surface area contributed by atoms with E-state index in [0.29, 0.717) is 5.56 Å². The van der Waals surface area contributed by atoms with E-state index < -0.39 is 11.7 Å². The molecule has 1 fully saturated rings. The fraction of sp³-hybridized carbons (Fsp3) is 0.600. The second kappa shape index (κ2) is 9.94. The maximum atomic E-state index is 13.0. The largest absolute Gasteiger partial charge is 0.417 e. The molecule has 0 spiro atoms. The number of halogens is 6. The summed E-state index contributed by atoms with van der Waals surface area (Å²) >= 11 is 5.70. The maximum Gasteiger partial charge on any atom is 0.417 e. The smallest absolute Gasteiger partial charge is 0.314 e. The third kappa shape index (κ3) is 5.98. The SMILES string of the molecule is CCC[C@H](c1ccc(Cl)c(C(F)(F)F)c1)N1CCNCC1.Cl.Cl. The summed E-state index contributed by atoms with van der Waals surface area (Å²) in [5.74, 6) is 0. The van der Waals surface area contributed by atoms with Crippen LogP contribution in [0.15, 0.2) is 18.2 Å². The van der Waals surface area contributed by atoms with E-state index in [0.717, 1.165) is 39.0 Å². The molecule has 1 atom stereocenters. The van der Waals surface area contributed by atoms with Gasteiger partial charge in [-0.3, -0.25) is 4.90 Å². The summed E-state index contributed by atoms with van der Waals surface area (Å²) in [6.45, 7) is 5.51. The summed E-state index contributed by atoms with van der Waals surface area (Å²) < 4.78 is 39.0. The lowest BCUT2D eigenvalue weighted by Gasteiger charge is -2.35. The van der Waals surface area contributed by atoms with E-state index in [1.165, 1.54) is 12.1 Å². The summed E-state index contributed by atoms with van der Waals surface area (Å²) in [5.41, 5.74) is -0.0339. The molecule has 0 aliphatic carbocycles. The molecule has 2 rings (SSSR count). The van der Waals surface area contributed by atoms with E-state index in [9.17, 15) is 13.2 Å². The summed E-state index contributed by atoms with van der Waals surface area (Å²) in [7, 11) is 0. The fourth-order valence-corrected chi connectivity index (χ4v) is 3.02. The summed E-state index contributed by atoms with van der Waals surface area (Å²) in [6, 6.07) is 4.32. The van der Waals surface area contributed by atoms with Gasteiger partial charge in [-0.25, -0.2) is 0 Å². The van der Waals surface area contributed by atoms with Crippen LogP contribution in [0.1, 0.15) is 36.9 Å². The van der Waals surface area contributed by atoms with Crippen molar-refractivity contribution in [2.24, 2.45) is 0 Å². The van der Waals surface area contributed by atoms with Crippen molar-refractivity contribution in [2.75, 3.05) is 26.2 Å². The zero-order valence-electron chi connectivity index (χ0n) is 12.8. The van der Waals surface area contributed by atoms with Gasteiger partial charge in [0.25, 0.3) is 0 Å². The minimum absolute atomic E-state index is 0. The molecule has 0 radical (unpaired) electrons. The zero-order valence-corrected chi connectivity index (χ0v) is 15.2. The topological polar surface area (TPSA) is 15.3 Å². The van der Waals surface area contributed by atoms with Crippen molar-refractivity contribution in [1.82, 2.24) is 10.2 Å². The summed E-state index contributed by atoms with van der Waals surface area (Å²) in [4.78, 5) is 2.25. The lowest BCUT2D eigenvalue weighted by molar-refractivity contribution is -0.137. The van der Waals surface area contributed by atoms with Gasteiger partial charge < -0.3 is 5.32 Å². The average molecular weight is 394 g/mol. The fourth-order valence-electron chi connectivity index (χ4n) is 2.79. The predicted octanol–water partition coefficient (Wildman–Crippen LogP) is 4.95. The molecule has 23 heavy (non-hydrogen) atoms. The van der Waals surface area contributed by atoms with Crippen molar-refractivity contribution < 1.29 is 13.2 Å². The lowest BCUT2D eigenvalue weighted by Crippen LogP contribution is -2.45. The number of benzene rings is 1. The van der Waals surface area contributed by atoms with Gasteiger partial charge in [-0.15, -0.1) is 24.8 Å². The average Bonchev–Trinajstić information content (AvgIpc) is 2.45. The Balaban J connectivity index is 0.00000242. The van der Waals surface area contributed by atoms with Crippen LogP contribution in [0.2, 0.25) is 5.02 Å². The van der Waals surface area contributed by atoms with Gasteiger partial charge in [0, 0.05) is 32.2 Å². The maximum absolute atomic E-state index is 13.0. The number of nitrogens with one attached hydrogen (secondary N) is 1. The normalized spacial score (nSPS) is 17.1. The predicted molar refractivity (Wildman–Crippen MR) is 93.0 cm³/mol. The van der Waals surface area contributed by atoms with Gasteiger partial charge in [0.1, 0.15) is 0 Å². The number of hydrogen-bond donors (Lipinski definition) is 1.